The van der Waals surface area contributed by atoms with Crippen LogP contribution in [0.5, 0.6) is 11.5 Å². The lowest BCUT2D eigenvalue weighted by atomic mass is 9.61. The third-order valence-corrected chi connectivity index (χ3v) is 6.71. The van der Waals surface area contributed by atoms with Gasteiger partial charge in [-0.05, 0) is 92.4 Å². The van der Waals surface area contributed by atoms with E-state index in [-0.39, 0.29) is 16.5 Å². The highest BCUT2D eigenvalue weighted by Crippen LogP contribution is 2.60. The van der Waals surface area contributed by atoms with E-state index in [4.69, 9.17) is 4.74 Å². The summed E-state index contributed by atoms with van der Waals surface area (Å²) in [5.74, 6) is 1.09. The highest BCUT2D eigenvalue weighted by Gasteiger charge is 2.53. The minimum Gasteiger partial charge on any atom is -0.507 e. The van der Waals surface area contributed by atoms with E-state index in [0.29, 0.717) is 5.75 Å². The molecule has 29 heavy (non-hydrogen) atoms. The lowest BCUT2D eigenvalue weighted by molar-refractivity contribution is 0.125. The maximum atomic E-state index is 11.0. The van der Waals surface area contributed by atoms with Crippen LogP contribution in [0.25, 0.3) is 21.9 Å². The second-order valence-corrected chi connectivity index (χ2v) is 10.1. The van der Waals surface area contributed by atoms with Crippen molar-refractivity contribution in [2.24, 2.45) is 0 Å². The van der Waals surface area contributed by atoms with Crippen molar-refractivity contribution in [3.63, 3.8) is 0 Å². The van der Waals surface area contributed by atoms with Crippen LogP contribution >= 0.6 is 0 Å². The van der Waals surface area contributed by atoms with E-state index in [1.54, 1.807) is 7.11 Å². The number of nitrogens with one attached hydrogen (secondary N) is 1. The number of hydrogen-bond acceptors (Lipinski definition) is 3. The van der Waals surface area contributed by atoms with E-state index in [1.807, 2.05) is 18.2 Å². The third-order valence-electron chi connectivity index (χ3n) is 6.71. The van der Waals surface area contributed by atoms with Gasteiger partial charge in [0.25, 0.3) is 0 Å². The summed E-state index contributed by atoms with van der Waals surface area (Å²) < 4.78 is 5.41. The van der Waals surface area contributed by atoms with E-state index in [9.17, 15) is 5.11 Å². The van der Waals surface area contributed by atoms with Crippen molar-refractivity contribution in [2.45, 2.75) is 57.0 Å². The van der Waals surface area contributed by atoms with Gasteiger partial charge < -0.3 is 15.2 Å². The van der Waals surface area contributed by atoms with E-state index in [0.717, 1.165) is 29.4 Å². The number of rotatable bonds is 1. The molecule has 1 fully saturated rings. The number of phenolic OH excluding ortho intramolecular Hbond substituents is 1. The van der Waals surface area contributed by atoms with Crippen molar-refractivity contribution < 1.29 is 9.84 Å². The molecular formula is C26H29NO2. The van der Waals surface area contributed by atoms with Crippen molar-refractivity contribution in [1.82, 2.24) is 5.32 Å². The molecule has 3 heteroatoms. The number of piperidine rings is 1. The first-order valence-electron chi connectivity index (χ1n) is 10.4. The molecule has 1 spiro atoms. The van der Waals surface area contributed by atoms with Gasteiger partial charge >= 0.3 is 0 Å². The Balaban J connectivity index is 1.88. The molecule has 2 aliphatic rings. The van der Waals surface area contributed by atoms with Crippen molar-refractivity contribution in [2.75, 3.05) is 7.11 Å². The van der Waals surface area contributed by atoms with Crippen LogP contribution in [-0.2, 0) is 5.41 Å². The van der Waals surface area contributed by atoms with Crippen molar-refractivity contribution in [3.8, 4) is 22.6 Å². The SMILES string of the molecule is COc1ccc2c3c(cc(O)c2c1)C1(CC(C)(C)NC(C)(C)C1)c1ccccc1-3. The van der Waals surface area contributed by atoms with Crippen LogP contribution in [0.3, 0.4) is 0 Å². The summed E-state index contributed by atoms with van der Waals surface area (Å²) in [7, 11) is 1.66. The van der Waals surface area contributed by atoms with E-state index in [1.165, 1.54) is 22.3 Å². The molecule has 0 atom stereocenters. The fourth-order valence-corrected chi connectivity index (χ4v) is 6.40. The van der Waals surface area contributed by atoms with Crippen LogP contribution in [0.4, 0.5) is 0 Å². The number of fused-ring (bicyclic) bond motifs is 7. The second-order valence-electron chi connectivity index (χ2n) is 10.1. The average molecular weight is 388 g/mol. The highest BCUT2D eigenvalue weighted by molar-refractivity contribution is 6.05. The molecule has 1 aliphatic heterocycles. The molecule has 0 radical (unpaired) electrons. The Labute approximate surface area is 172 Å². The maximum absolute atomic E-state index is 11.0. The lowest BCUT2D eigenvalue weighted by Crippen LogP contribution is -2.62. The minimum atomic E-state index is -0.115. The van der Waals surface area contributed by atoms with Crippen LogP contribution in [0.2, 0.25) is 0 Å². The largest absolute Gasteiger partial charge is 0.507 e. The molecule has 3 nitrogen and oxygen atoms in total. The van der Waals surface area contributed by atoms with Crippen LogP contribution in [-0.4, -0.2) is 23.3 Å². The molecule has 0 aromatic heterocycles. The van der Waals surface area contributed by atoms with Gasteiger partial charge in [0, 0.05) is 21.9 Å². The average Bonchev–Trinajstić information content (AvgIpc) is 2.88. The lowest BCUT2D eigenvalue weighted by Gasteiger charge is -2.52. The third kappa shape index (κ3) is 2.60. The molecule has 5 rings (SSSR count). The molecule has 1 saturated heterocycles. The number of benzene rings is 3. The zero-order chi connectivity index (χ0) is 20.6. The van der Waals surface area contributed by atoms with Gasteiger partial charge in [-0.1, -0.05) is 24.3 Å². The molecule has 0 saturated carbocycles. The normalized spacial score (nSPS) is 20.4. The maximum Gasteiger partial charge on any atom is 0.123 e. The minimum absolute atomic E-state index is 0.0129. The van der Waals surface area contributed by atoms with Crippen LogP contribution in [0, 0.1) is 0 Å². The Morgan fingerprint density at radius 2 is 1.55 bits per heavy atom. The molecule has 150 valence electrons. The zero-order valence-corrected chi connectivity index (χ0v) is 17.9. The Morgan fingerprint density at radius 3 is 2.24 bits per heavy atom. The Hall–Kier alpha value is -2.52. The first-order chi connectivity index (χ1) is 13.7. The summed E-state index contributed by atoms with van der Waals surface area (Å²) in [6.07, 6.45) is 1.99. The summed E-state index contributed by atoms with van der Waals surface area (Å²) in [6.45, 7) is 9.17. The number of methoxy groups -OCH3 is 1. The van der Waals surface area contributed by atoms with Gasteiger partial charge in [0.1, 0.15) is 11.5 Å². The van der Waals surface area contributed by atoms with Gasteiger partial charge in [-0.2, -0.15) is 0 Å². The molecule has 1 heterocycles. The molecule has 0 bridgehead atoms. The fraction of sp³-hybridized carbons (Fsp3) is 0.385. The molecule has 3 aromatic carbocycles. The second kappa shape index (κ2) is 5.76. The first kappa shape index (κ1) is 18.5. The highest BCUT2D eigenvalue weighted by atomic mass is 16.5. The summed E-state index contributed by atoms with van der Waals surface area (Å²) in [6, 6.07) is 16.9. The van der Waals surface area contributed by atoms with Crippen molar-refractivity contribution in [3.05, 3.63) is 59.7 Å². The summed E-state index contributed by atoms with van der Waals surface area (Å²) in [5.41, 5.74) is 5.07. The summed E-state index contributed by atoms with van der Waals surface area (Å²) in [5, 5.41) is 16.8. The van der Waals surface area contributed by atoms with Gasteiger partial charge in [-0.25, -0.2) is 0 Å². The summed E-state index contributed by atoms with van der Waals surface area (Å²) >= 11 is 0. The standard InChI is InChI=1S/C26H29NO2/c1-24(2)14-26(15-25(3,4)27-24)20-9-7-6-8-18(20)23-17-11-10-16(29-5)12-19(17)22(28)13-21(23)26/h6-13,27-28H,14-15H2,1-5H3. The van der Waals surface area contributed by atoms with E-state index < -0.39 is 0 Å². The van der Waals surface area contributed by atoms with Crippen molar-refractivity contribution >= 4 is 10.8 Å². The number of phenols is 1. The smallest absolute Gasteiger partial charge is 0.123 e. The molecule has 0 amide bonds. The zero-order valence-electron chi connectivity index (χ0n) is 17.9. The van der Waals surface area contributed by atoms with E-state index in [2.05, 4.69) is 63.3 Å². The predicted molar refractivity (Wildman–Crippen MR) is 119 cm³/mol. The molecule has 1 aliphatic carbocycles. The molecule has 3 aromatic rings. The Kier molecular flexibility index (Phi) is 3.68. The summed E-state index contributed by atoms with van der Waals surface area (Å²) in [4.78, 5) is 0. The first-order valence-corrected chi connectivity index (χ1v) is 10.4. The van der Waals surface area contributed by atoms with Crippen LogP contribution in [0.15, 0.2) is 48.5 Å². The van der Waals surface area contributed by atoms with E-state index >= 15 is 0 Å². The van der Waals surface area contributed by atoms with Gasteiger partial charge in [0.15, 0.2) is 0 Å². The van der Waals surface area contributed by atoms with Gasteiger partial charge in [0.05, 0.1) is 7.11 Å². The Bertz CT molecular complexity index is 1130. The monoisotopic (exact) mass is 387 g/mol. The van der Waals surface area contributed by atoms with Crippen LogP contribution < -0.4 is 10.1 Å². The topological polar surface area (TPSA) is 41.5 Å². The molecular weight excluding hydrogens is 358 g/mol. The quantitative estimate of drug-likeness (QED) is 0.558. The predicted octanol–water partition coefficient (Wildman–Crippen LogP) is 5.76. The van der Waals surface area contributed by atoms with Gasteiger partial charge in [0.2, 0.25) is 0 Å². The number of hydrogen-bond donors (Lipinski definition) is 2. The fourth-order valence-electron chi connectivity index (χ4n) is 6.40. The Morgan fingerprint density at radius 1 is 0.862 bits per heavy atom. The van der Waals surface area contributed by atoms with Gasteiger partial charge in [-0.15, -0.1) is 0 Å². The molecule has 2 N–H and O–H groups in total. The van der Waals surface area contributed by atoms with Crippen molar-refractivity contribution in [1.29, 1.82) is 0 Å². The van der Waals surface area contributed by atoms with Crippen LogP contribution in [0.1, 0.15) is 51.7 Å². The number of ether oxygens (including phenoxy) is 1. The van der Waals surface area contributed by atoms with Gasteiger partial charge in [-0.3, -0.25) is 0 Å². The number of aromatic hydroxyl groups is 1. The molecule has 0 unspecified atom stereocenters.